The highest BCUT2D eigenvalue weighted by atomic mass is 32.2. The van der Waals surface area contributed by atoms with E-state index in [0.717, 1.165) is 12.1 Å². The Balaban J connectivity index is 2.06. The summed E-state index contributed by atoms with van der Waals surface area (Å²) < 4.78 is 27.8. The first-order valence-electron chi connectivity index (χ1n) is 5.16. The third-order valence-corrected chi connectivity index (χ3v) is 3.40. The number of nitrogens with zero attached hydrogens (tertiary/aromatic N) is 2. The molecule has 94 valence electrons. The summed E-state index contributed by atoms with van der Waals surface area (Å²) in [5, 5.41) is 0.672. The van der Waals surface area contributed by atoms with Crippen LogP contribution in [0.2, 0.25) is 0 Å². The van der Waals surface area contributed by atoms with Crippen molar-refractivity contribution in [1.29, 1.82) is 0 Å². The number of benzene rings is 1. The van der Waals surface area contributed by atoms with E-state index in [4.69, 9.17) is 0 Å². The van der Waals surface area contributed by atoms with Gasteiger partial charge in [-0.15, -0.1) is 0 Å². The zero-order chi connectivity index (χ0) is 13.1. The lowest BCUT2D eigenvalue weighted by Gasteiger charge is -2.03. The van der Waals surface area contributed by atoms with Crippen molar-refractivity contribution < 1.29 is 13.6 Å². The van der Waals surface area contributed by atoms with E-state index >= 15 is 0 Å². The van der Waals surface area contributed by atoms with Gasteiger partial charge in [0.25, 0.3) is 0 Å². The van der Waals surface area contributed by atoms with Crippen LogP contribution in [0.25, 0.3) is 0 Å². The van der Waals surface area contributed by atoms with Gasteiger partial charge in [0, 0.05) is 25.5 Å². The summed E-state index contributed by atoms with van der Waals surface area (Å²) in [6, 6.07) is 2.94. The quantitative estimate of drug-likeness (QED) is 0.631. The maximum Gasteiger partial charge on any atom is 0.176 e. The number of carbonyl (C=O) groups excluding carboxylic acids is 1. The number of Topliss-reactive ketones (excluding diaryl/α,β-unsaturated/α-hetero) is 1. The Morgan fingerprint density at radius 3 is 2.83 bits per heavy atom. The zero-order valence-electron chi connectivity index (χ0n) is 9.56. The molecular weight excluding hydrogens is 258 g/mol. The molecule has 0 radical (unpaired) electrons. The molecule has 0 fully saturated rings. The van der Waals surface area contributed by atoms with Crippen LogP contribution >= 0.6 is 11.8 Å². The molecule has 0 aliphatic carbocycles. The maximum atomic E-state index is 13.4. The first-order valence-corrected chi connectivity index (χ1v) is 6.15. The van der Waals surface area contributed by atoms with Gasteiger partial charge in [0.1, 0.15) is 11.6 Å². The smallest absolute Gasteiger partial charge is 0.176 e. The van der Waals surface area contributed by atoms with Crippen LogP contribution in [0.5, 0.6) is 0 Å². The minimum absolute atomic E-state index is 0.0629. The average molecular weight is 268 g/mol. The van der Waals surface area contributed by atoms with Gasteiger partial charge >= 0.3 is 0 Å². The van der Waals surface area contributed by atoms with E-state index in [1.54, 1.807) is 24.0 Å². The van der Waals surface area contributed by atoms with Crippen LogP contribution in [0.3, 0.4) is 0 Å². The highest BCUT2D eigenvalue weighted by Crippen LogP contribution is 2.18. The molecule has 0 saturated heterocycles. The lowest BCUT2D eigenvalue weighted by atomic mass is 10.1. The van der Waals surface area contributed by atoms with Gasteiger partial charge in [-0.3, -0.25) is 4.79 Å². The first-order chi connectivity index (χ1) is 8.58. The molecule has 18 heavy (non-hydrogen) atoms. The Morgan fingerprint density at radius 1 is 1.44 bits per heavy atom. The van der Waals surface area contributed by atoms with Crippen LogP contribution in [0.15, 0.2) is 35.7 Å². The fourth-order valence-electron chi connectivity index (χ4n) is 1.41. The number of ketones is 1. The van der Waals surface area contributed by atoms with E-state index in [1.165, 1.54) is 11.8 Å². The SMILES string of the molecule is Cn1ccnc1SCC(=O)c1ccc(F)cc1F. The summed E-state index contributed by atoms with van der Waals surface area (Å²) in [6.07, 6.45) is 3.37. The van der Waals surface area contributed by atoms with Crippen molar-refractivity contribution in [2.24, 2.45) is 7.05 Å². The summed E-state index contributed by atoms with van der Waals surface area (Å²) in [5.74, 6) is -1.85. The third kappa shape index (κ3) is 2.76. The molecule has 0 atom stereocenters. The van der Waals surface area contributed by atoms with Gasteiger partial charge in [-0.2, -0.15) is 0 Å². The molecule has 0 amide bonds. The lowest BCUT2D eigenvalue weighted by molar-refractivity contribution is 0.101. The second kappa shape index (κ2) is 5.30. The number of halogens is 2. The summed E-state index contributed by atoms with van der Waals surface area (Å²) in [7, 11) is 1.80. The van der Waals surface area contributed by atoms with Gasteiger partial charge in [-0.05, 0) is 12.1 Å². The highest BCUT2D eigenvalue weighted by molar-refractivity contribution is 7.99. The molecule has 1 heterocycles. The van der Waals surface area contributed by atoms with E-state index in [2.05, 4.69) is 4.98 Å². The van der Waals surface area contributed by atoms with Gasteiger partial charge < -0.3 is 4.57 Å². The minimum Gasteiger partial charge on any atom is -0.329 e. The lowest BCUT2D eigenvalue weighted by Crippen LogP contribution is -2.06. The molecule has 0 bridgehead atoms. The zero-order valence-corrected chi connectivity index (χ0v) is 10.4. The van der Waals surface area contributed by atoms with Gasteiger partial charge in [0.15, 0.2) is 10.9 Å². The molecule has 0 aliphatic rings. The monoisotopic (exact) mass is 268 g/mol. The van der Waals surface area contributed by atoms with Gasteiger partial charge in [0.2, 0.25) is 0 Å². The van der Waals surface area contributed by atoms with Crippen molar-refractivity contribution in [2.75, 3.05) is 5.75 Å². The van der Waals surface area contributed by atoms with Crippen molar-refractivity contribution in [3.05, 3.63) is 47.8 Å². The fourth-order valence-corrected chi connectivity index (χ4v) is 2.23. The van der Waals surface area contributed by atoms with E-state index in [9.17, 15) is 13.6 Å². The van der Waals surface area contributed by atoms with Crippen LogP contribution in [0.4, 0.5) is 8.78 Å². The van der Waals surface area contributed by atoms with Gasteiger partial charge in [-0.25, -0.2) is 13.8 Å². The Labute approximate surface area is 107 Å². The van der Waals surface area contributed by atoms with E-state index < -0.39 is 11.6 Å². The summed E-state index contributed by atoms with van der Waals surface area (Å²) in [4.78, 5) is 15.8. The Bertz CT molecular complexity index is 583. The van der Waals surface area contributed by atoms with Crippen LogP contribution in [-0.4, -0.2) is 21.1 Å². The van der Waals surface area contributed by atoms with E-state index in [1.807, 2.05) is 0 Å². The molecule has 2 aromatic rings. The number of carbonyl (C=O) groups is 1. The van der Waals surface area contributed by atoms with Crippen molar-refractivity contribution >= 4 is 17.5 Å². The Hall–Kier alpha value is -1.69. The standard InChI is InChI=1S/C12H10F2N2OS/c1-16-5-4-15-12(16)18-7-11(17)9-3-2-8(13)6-10(9)14/h2-6H,7H2,1H3. The second-order valence-electron chi connectivity index (χ2n) is 3.66. The van der Waals surface area contributed by atoms with Crippen LogP contribution < -0.4 is 0 Å². The second-order valence-corrected chi connectivity index (χ2v) is 4.60. The van der Waals surface area contributed by atoms with Crippen LogP contribution in [0, 0.1) is 11.6 Å². The summed E-state index contributed by atoms with van der Waals surface area (Å²) in [5.41, 5.74) is -0.0990. The number of rotatable bonds is 4. The summed E-state index contributed by atoms with van der Waals surface area (Å²) >= 11 is 1.21. The van der Waals surface area contributed by atoms with Crippen molar-refractivity contribution in [3.63, 3.8) is 0 Å². The number of aromatic nitrogens is 2. The predicted octanol–water partition coefficient (Wildman–Crippen LogP) is 2.67. The molecule has 0 saturated carbocycles. The van der Waals surface area contributed by atoms with Crippen LogP contribution in [0.1, 0.15) is 10.4 Å². The van der Waals surface area contributed by atoms with Crippen molar-refractivity contribution in [2.45, 2.75) is 5.16 Å². The molecule has 0 N–H and O–H groups in total. The molecule has 2 rings (SSSR count). The fraction of sp³-hybridized carbons (Fsp3) is 0.167. The maximum absolute atomic E-state index is 13.4. The summed E-state index contributed by atoms with van der Waals surface area (Å²) in [6.45, 7) is 0. The predicted molar refractivity (Wildman–Crippen MR) is 64.6 cm³/mol. The average Bonchev–Trinajstić information content (AvgIpc) is 2.72. The first kappa shape index (κ1) is 12.8. The van der Waals surface area contributed by atoms with E-state index in [0.29, 0.717) is 11.2 Å². The largest absolute Gasteiger partial charge is 0.329 e. The Kier molecular flexibility index (Phi) is 3.76. The number of aryl methyl sites for hydroxylation is 1. The van der Waals surface area contributed by atoms with Crippen molar-refractivity contribution in [1.82, 2.24) is 9.55 Å². The van der Waals surface area contributed by atoms with Gasteiger partial charge in [0.05, 0.1) is 11.3 Å². The molecule has 1 aromatic carbocycles. The number of thioether (sulfide) groups is 1. The topological polar surface area (TPSA) is 34.9 Å². The Morgan fingerprint density at radius 2 is 2.22 bits per heavy atom. The molecule has 1 aromatic heterocycles. The molecular formula is C12H10F2N2OS. The molecule has 3 nitrogen and oxygen atoms in total. The van der Waals surface area contributed by atoms with Gasteiger partial charge in [-0.1, -0.05) is 11.8 Å². The molecule has 0 spiro atoms. The molecule has 0 aliphatic heterocycles. The number of hydrogen-bond acceptors (Lipinski definition) is 3. The minimum atomic E-state index is -0.833. The van der Waals surface area contributed by atoms with Crippen LogP contribution in [-0.2, 0) is 7.05 Å². The van der Waals surface area contributed by atoms with E-state index in [-0.39, 0.29) is 17.1 Å². The number of hydrogen-bond donors (Lipinski definition) is 0. The highest BCUT2D eigenvalue weighted by Gasteiger charge is 2.13. The normalized spacial score (nSPS) is 10.6. The molecule has 6 heteroatoms. The third-order valence-electron chi connectivity index (χ3n) is 2.34. The number of imidazole rings is 1. The van der Waals surface area contributed by atoms with Crippen molar-refractivity contribution in [3.8, 4) is 0 Å². The molecule has 0 unspecified atom stereocenters.